The van der Waals surface area contributed by atoms with Crippen molar-refractivity contribution < 1.29 is 19.0 Å². The Hall–Kier alpha value is -0.810. The van der Waals surface area contributed by atoms with Crippen molar-refractivity contribution in [2.24, 2.45) is 10.9 Å². The molecule has 30 heavy (non-hydrogen) atoms. The fraction of sp³-hybridized carbons (Fsp3) is 0.905. The molecule has 9 heteroatoms. The SMILES string of the molecule is CCNC(=NCCCOCCOC)NCCC1CCCN(C(=O)OC(C)(C)C)C1.I. The maximum atomic E-state index is 12.3. The predicted octanol–water partition coefficient (Wildman–Crippen LogP) is 3.25. The first kappa shape index (κ1) is 29.2. The third-order valence-electron chi connectivity index (χ3n) is 4.51. The van der Waals surface area contributed by atoms with Crippen molar-refractivity contribution >= 4 is 36.0 Å². The molecule has 0 aromatic carbocycles. The van der Waals surface area contributed by atoms with Gasteiger partial charge in [0, 0.05) is 46.4 Å². The van der Waals surface area contributed by atoms with E-state index in [-0.39, 0.29) is 30.1 Å². The summed E-state index contributed by atoms with van der Waals surface area (Å²) in [6.07, 6.45) is 3.87. The Morgan fingerprint density at radius 3 is 2.63 bits per heavy atom. The molecule has 0 saturated carbocycles. The van der Waals surface area contributed by atoms with Crippen LogP contribution in [-0.2, 0) is 14.2 Å². The molecular weight excluding hydrogens is 499 g/mol. The highest BCUT2D eigenvalue weighted by Gasteiger charge is 2.27. The maximum absolute atomic E-state index is 12.3. The van der Waals surface area contributed by atoms with Gasteiger partial charge in [0.05, 0.1) is 13.2 Å². The second kappa shape index (κ2) is 16.8. The number of hydrogen-bond acceptors (Lipinski definition) is 5. The van der Waals surface area contributed by atoms with E-state index in [1.807, 2.05) is 25.7 Å². The summed E-state index contributed by atoms with van der Waals surface area (Å²) >= 11 is 0. The lowest BCUT2D eigenvalue weighted by atomic mass is 9.95. The molecule has 0 radical (unpaired) electrons. The third-order valence-corrected chi connectivity index (χ3v) is 4.51. The lowest BCUT2D eigenvalue weighted by Gasteiger charge is -2.34. The van der Waals surface area contributed by atoms with Crippen LogP contribution >= 0.6 is 24.0 Å². The molecule has 1 saturated heterocycles. The minimum atomic E-state index is -0.447. The smallest absolute Gasteiger partial charge is 0.410 e. The van der Waals surface area contributed by atoms with Crippen LogP contribution in [0.5, 0.6) is 0 Å². The second-order valence-corrected chi connectivity index (χ2v) is 8.37. The van der Waals surface area contributed by atoms with Crippen molar-refractivity contribution in [1.82, 2.24) is 15.5 Å². The molecule has 1 aliphatic heterocycles. The van der Waals surface area contributed by atoms with Crippen LogP contribution in [0.3, 0.4) is 0 Å². The van der Waals surface area contributed by atoms with Gasteiger partial charge in [0.2, 0.25) is 0 Å². The topological polar surface area (TPSA) is 84.4 Å². The summed E-state index contributed by atoms with van der Waals surface area (Å²) in [5.41, 5.74) is -0.447. The molecule has 178 valence electrons. The number of carbonyl (C=O) groups excluding carboxylic acids is 1. The number of amides is 1. The molecule has 0 spiro atoms. The summed E-state index contributed by atoms with van der Waals surface area (Å²) in [4.78, 5) is 18.7. The number of likely N-dealkylation sites (tertiary alicyclic amines) is 1. The Kier molecular flexibility index (Phi) is 16.4. The number of hydrogen-bond donors (Lipinski definition) is 2. The Morgan fingerprint density at radius 1 is 1.20 bits per heavy atom. The summed E-state index contributed by atoms with van der Waals surface area (Å²) in [5, 5.41) is 6.68. The second-order valence-electron chi connectivity index (χ2n) is 8.37. The van der Waals surface area contributed by atoms with Crippen LogP contribution in [0.4, 0.5) is 4.79 Å². The Labute approximate surface area is 199 Å². The molecule has 0 aliphatic carbocycles. The van der Waals surface area contributed by atoms with Crippen molar-refractivity contribution in [1.29, 1.82) is 0 Å². The molecule has 1 fully saturated rings. The van der Waals surface area contributed by atoms with Gasteiger partial charge in [0.1, 0.15) is 5.60 Å². The number of piperidine rings is 1. The van der Waals surface area contributed by atoms with E-state index in [0.717, 1.165) is 64.4 Å². The van der Waals surface area contributed by atoms with Crippen molar-refractivity contribution in [3.05, 3.63) is 0 Å². The number of methoxy groups -OCH3 is 1. The fourth-order valence-corrected chi connectivity index (χ4v) is 3.13. The molecule has 1 amide bonds. The van der Waals surface area contributed by atoms with Gasteiger partial charge in [0.15, 0.2) is 5.96 Å². The van der Waals surface area contributed by atoms with Crippen LogP contribution in [0.15, 0.2) is 4.99 Å². The van der Waals surface area contributed by atoms with Crippen LogP contribution in [0.2, 0.25) is 0 Å². The molecule has 2 N–H and O–H groups in total. The van der Waals surface area contributed by atoms with E-state index >= 15 is 0 Å². The molecule has 8 nitrogen and oxygen atoms in total. The fourth-order valence-electron chi connectivity index (χ4n) is 3.13. The Morgan fingerprint density at radius 2 is 1.97 bits per heavy atom. The zero-order valence-corrected chi connectivity index (χ0v) is 21.8. The van der Waals surface area contributed by atoms with Crippen molar-refractivity contribution in [3.8, 4) is 0 Å². The summed E-state index contributed by atoms with van der Waals surface area (Å²) in [6.45, 7) is 13.7. The number of ether oxygens (including phenoxy) is 3. The first-order valence-corrected chi connectivity index (χ1v) is 10.9. The summed E-state index contributed by atoms with van der Waals surface area (Å²) in [7, 11) is 1.67. The van der Waals surface area contributed by atoms with Gasteiger partial charge in [-0.05, 0) is 59.3 Å². The zero-order chi connectivity index (χ0) is 21.5. The monoisotopic (exact) mass is 542 g/mol. The summed E-state index contributed by atoms with van der Waals surface area (Å²) in [6, 6.07) is 0. The van der Waals surface area contributed by atoms with Crippen LogP contribution in [0, 0.1) is 5.92 Å². The first-order chi connectivity index (χ1) is 13.9. The number of carbonyl (C=O) groups is 1. The number of rotatable bonds is 11. The van der Waals surface area contributed by atoms with Gasteiger partial charge in [-0.1, -0.05) is 0 Å². The van der Waals surface area contributed by atoms with Gasteiger partial charge in [-0.15, -0.1) is 24.0 Å². The summed E-state index contributed by atoms with van der Waals surface area (Å²) in [5.74, 6) is 1.32. The van der Waals surface area contributed by atoms with Crippen LogP contribution in [0.1, 0.15) is 53.4 Å². The van der Waals surface area contributed by atoms with E-state index in [0.29, 0.717) is 25.7 Å². The molecule has 0 bridgehead atoms. The van der Waals surface area contributed by atoms with Gasteiger partial charge in [-0.3, -0.25) is 4.99 Å². The normalized spacial score (nSPS) is 17.3. The van der Waals surface area contributed by atoms with Crippen LogP contribution < -0.4 is 10.6 Å². The van der Waals surface area contributed by atoms with Gasteiger partial charge in [-0.25, -0.2) is 4.79 Å². The molecule has 1 atom stereocenters. The lowest BCUT2D eigenvalue weighted by Crippen LogP contribution is -2.44. The van der Waals surface area contributed by atoms with Crippen molar-refractivity contribution in [2.45, 2.75) is 59.0 Å². The number of nitrogens with zero attached hydrogens (tertiary/aromatic N) is 2. The minimum absolute atomic E-state index is 0. The molecule has 1 heterocycles. The standard InChI is InChI=1S/C21H42N4O4.HI/c1-6-22-19(23-11-8-14-28-16-15-27-5)24-12-10-18-9-7-13-25(17-18)20(26)29-21(2,3)4;/h18H,6-17H2,1-5H3,(H2,22,23,24);1H. The van der Waals surface area contributed by atoms with E-state index in [4.69, 9.17) is 14.2 Å². The molecule has 0 aromatic rings. The van der Waals surface area contributed by atoms with Gasteiger partial charge < -0.3 is 29.7 Å². The van der Waals surface area contributed by atoms with E-state index in [1.54, 1.807) is 7.11 Å². The number of nitrogens with one attached hydrogen (secondary N) is 2. The number of guanidine groups is 1. The number of halogens is 1. The van der Waals surface area contributed by atoms with Crippen LogP contribution in [-0.4, -0.2) is 82.2 Å². The van der Waals surface area contributed by atoms with E-state index in [1.165, 1.54) is 0 Å². The van der Waals surface area contributed by atoms with E-state index in [2.05, 4.69) is 22.5 Å². The average molecular weight is 543 g/mol. The molecule has 1 rings (SSSR count). The summed E-state index contributed by atoms with van der Waals surface area (Å²) < 4.78 is 15.9. The highest BCUT2D eigenvalue weighted by Crippen LogP contribution is 2.21. The third kappa shape index (κ3) is 14.2. The molecular formula is C21H43IN4O4. The molecule has 1 unspecified atom stereocenters. The first-order valence-electron chi connectivity index (χ1n) is 10.9. The van der Waals surface area contributed by atoms with E-state index in [9.17, 15) is 4.79 Å². The minimum Gasteiger partial charge on any atom is -0.444 e. The Bertz CT molecular complexity index is 486. The zero-order valence-electron chi connectivity index (χ0n) is 19.5. The van der Waals surface area contributed by atoms with Gasteiger partial charge in [0.25, 0.3) is 0 Å². The van der Waals surface area contributed by atoms with Crippen molar-refractivity contribution in [2.75, 3.05) is 59.7 Å². The highest BCUT2D eigenvalue weighted by atomic mass is 127. The predicted molar refractivity (Wildman–Crippen MR) is 132 cm³/mol. The molecule has 0 aromatic heterocycles. The van der Waals surface area contributed by atoms with Gasteiger partial charge >= 0.3 is 6.09 Å². The highest BCUT2D eigenvalue weighted by molar-refractivity contribution is 14.0. The van der Waals surface area contributed by atoms with Crippen LogP contribution in [0.25, 0.3) is 0 Å². The lowest BCUT2D eigenvalue weighted by molar-refractivity contribution is 0.0162. The van der Waals surface area contributed by atoms with Crippen molar-refractivity contribution in [3.63, 3.8) is 0 Å². The average Bonchev–Trinajstić information content (AvgIpc) is 2.66. The largest absolute Gasteiger partial charge is 0.444 e. The Balaban J connectivity index is 0.00000841. The quantitative estimate of drug-likeness (QED) is 0.181. The van der Waals surface area contributed by atoms with E-state index < -0.39 is 5.60 Å². The van der Waals surface area contributed by atoms with Gasteiger partial charge in [-0.2, -0.15) is 0 Å². The maximum Gasteiger partial charge on any atom is 0.410 e. The molecule has 1 aliphatic rings. The number of aliphatic imine (C=N–C) groups is 1.